The summed E-state index contributed by atoms with van der Waals surface area (Å²) in [7, 11) is 4.40. The second-order valence-corrected chi connectivity index (χ2v) is 6.02. The molecule has 2 saturated heterocycles. The summed E-state index contributed by atoms with van der Waals surface area (Å²) >= 11 is 0. The minimum Gasteiger partial charge on any atom is -0.468 e. The summed E-state index contributed by atoms with van der Waals surface area (Å²) in [5.41, 5.74) is 0. The van der Waals surface area contributed by atoms with Crippen LogP contribution in [0, 0.1) is 5.92 Å². The van der Waals surface area contributed by atoms with Crippen molar-refractivity contribution < 1.29 is 9.15 Å². The van der Waals surface area contributed by atoms with Gasteiger partial charge in [0.2, 0.25) is 0 Å². The largest absolute Gasteiger partial charge is 0.468 e. The van der Waals surface area contributed by atoms with Crippen LogP contribution in [0.5, 0.6) is 0 Å². The van der Waals surface area contributed by atoms with Crippen LogP contribution in [0.15, 0.2) is 22.8 Å². The van der Waals surface area contributed by atoms with Gasteiger partial charge in [-0.3, -0.25) is 4.90 Å². The first-order valence-electron chi connectivity index (χ1n) is 7.27. The highest BCUT2D eigenvalue weighted by Crippen LogP contribution is 2.30. The number of nitrogens with zero attached hydrogens (tertiary/aromatic N) is 2. The lowest BCUT2D eigenvalue weighted by molar-refractivity contribution is -0.108. The highest BCUT2D eigenvalue weighted by atomic mass is 16.5. The molecule has 2 aliphatic rings. The maximum absolute atomic E-state index is 6.08. The summed E-state index contributed by atoms with van der Waals surface area (Å²) in [6.45, 7) is 4.04. The van der Waals surface area contributed by atoms with Crippen molar-refractivity contribution in [2.45, 2.75) is 31.5 Å². The van der Waals surface area contributed by atoms with Gasteiger partial charge in [-0.1, -0.05) is 0 Å². The Labute approximate surface area is 115 Å². The van der Waals surface area contributed by atoms with Crippen LogP contribution < -0.4 is 0 Å². The van der Waals surface area contributed by atoms with E-state index in [1.54, 1.807) is 6.26 Å². The average molecular weight is 264 g/mol. The van der Waals surface area contributed by atoms with E-state index in [0.717, 1.165) is 25.5 Å². The van der Waals surface area contributed by atoms with E-state index in [0.29, 0.717) is 18.1 Å². The number of piperidine rings is 1. The predicted octanol–water partition coefficient (Wildman–Crippen LogP) is 1.82. The molecule has 106 valence electrons. The Bertz CT molecular complexity index is 393. The molecule has 3 atom stereocenters. The quantitative estimate of drug-likeness (QED) is 0.833. The Morgan fingerprint density at radius 1 is 1.42 bits per heavy atom. The zero-order valence-electron chi connectivity index (χ0n) is 11.9. The number of hydrogen-bond donors (Lipinski definition) is 0. The smallest absolute Gasteiger partial charge is 0.117 e. The highest BCUT2D eigenvalue weighted by molar-refractivity contribution is 5.00. The van der Waals surface area contributed by atoms with Gasteiger partial charge in [-0.05, 0) is 45.0 Å². The van der Waals surface area contributed by atoms with Crippen molar-refractivity contribution in [3.05, 3.63) is 24.2 Å². The zero-order valence-corrected chi connectivity index (χ0v) is 11.9. The van der Waals surface area contributed by atoms with Crippen LogP contribution in [-0.4, -0.2) is 55.7 Å². The second-order valence-electron chi connectivity index (χ2n) is 6.02. The third-order valence-corrected chi connectivity index (χ3v) is 4.47. The maximum atomic E-state index is 6.08. The van der Waals surface area contributed by atoms with E-state index >= 15 is 0 Å². The molecule has 1 aromatic rings. The monoisotopic (exact) mass is 264 g/mol. The van der Waals surface area contributed by atoms with Crippen molar-refractivity contribution in [1.82, 2.24) is 9.80 Å². The van der Waals surface area contributed by atoms with Crippen molar-refractivity contribution in [2.75, 3.05) is 33.8 Å². The van der Waals surface area contributed by atoms with Gasteiger partial charge in [-0.25, -0.2) is 0 Å². The average Bonchev–Trinajstić information content (AvgIpc) is 2.90. The fourth-order valence-corrected chi connectivity index (χ4v) is 3.54. The summed E-state index contributed by atoms with van der Waals surface area (Å²) < 4.78 is 11.5. The van der Waals surface area contributed by atoms with Crippen LogP contribution in [0.4, 0.5) is 0 Å². The first-order chi connectivity index (χ1) is 9.24. The summed E-state index contributed by atoms with van der Waals surface area (Å²) in [6, 6.07) is 4.47. The summed E-state index contributed by atoms with van der Waals surface area (Å²) in [5.74, 6) is 1.72. The third kappa shape index (κ3) is 2.86. The lowest BCUT2D eigenvalue weighted by Gasteiger charge is -2.47. The topological polar surface area (TPSA) is 28.9 Å². The number of likely N-dealkylation sites (tertiary alicyclic amines) is 1. The molecule has 0 saturated carbocycles. The Hall–Kier alpha value is -0.840. The molecule has 4 nitrogen and oxygen atoms in total. The molecule has 0 amide bonds. The molecule has 0 aromatic carbocycles. The highest BCUT2D eigenvalue weighted by Gasteiger charge is 2.40. The minimum atomic E-state index is 0.393. The summed E-state index contributed by atoms with van der Waals surface area (Å²) in [5, 5.41) is 0. The molecule has 2 aliphatic heterocycles. The van der Waals surface area contributed by atoms with Gasteiger partial charge in [0.05, 0.1) is 18.9 Å². The molecule has 4 heteroatoms. The van der Waals surface area contributed by atoms with Gasteiger partial charge in [0.15, 0.2) is 0 Å². The van der Waals surface area contributed by atoms with E-state index in [1.165, 1.54) is 19.4 Å². The van der Waals surface area contributed by atoms with Gasteiger partial charge in [0.25, 0.3) is 0 Å². The lowest BCUT2D eigenvalue weighted by Crippen LogP contribution is -2.59. The van der Waals surface area contributed by atoms with Gasteiger partial charge in [0.1, 0.15) is 5.76 Å². The fraction of sp³-hybridized carbons (Fsp3) is 0.733. The van der Waals surface area contributed by atoms with Crippen molar-refractivity contribution >= 4 is 0 Å². The normalized spacial score (nSPS) is 32.5. The predicted molar refractivity (Wildman–Crippen MR) is 73.9 cm³/mol. The van der Waals surface area contributed by atoms with Crippen LogP contribution in [0.3, 0.4) is 0 Å². The summed E-state index contributed by atoms with van der Waals surface area (Å²) in [6.07, 6.45) is 4.66. The number of fused-ring (bicyclic) bond motifs is 1. The van der Waals surface area contributed by atoms with E-state index < -0.39 is 0 Å². The molecule has 0 bridgehead atoms. The molecular weight excluding hydrogens is 240 g/mol. The Morgan fingerprint density at radius 3 is 3.11 bits per heavy atom. The molecule has 3 rings (SSSR count). The Morgan fingerprint density at radius 2 is 2.32 bits per heavy atom. The van der Waals surface area contributed by atoms with Crippen LogP contribution in [0.1, 0.15) is 18.6 Å². The Kier molecular flexibility index (Phi) is 3.91. The van der Waals surface area contributed by atoms with E-state index in [9.17, 15) is 0 Å². The van der Waals surface area contributed by atoms with Crippen LogP contribution >= 0.6 is 0 Å². The van der Waals surface area contributed by atoms with E-state index in [1.807, 2.05) is 12.1 Å². The maximum Gasteiger partial charge on any atom is 0.117 e. The number of hydrogen-bond acceptors (Lipinski definition) is 4. The van der Waals surface area contributed by atoms with Crippen LogP contribution in [0.2, 0.25) is 0 Å². The first-order valence-corrected chi connectivity index (χ1v) is 7.27. The van der Waals surface area contributed by atoms with Crippen LogP contribution in [-0.2, 0) is 11.3 Å². The molecule has 0 aliphatic carbocycles. The molecule has 0 spiro atoms. The van der Waals surface area contributed by atoms with Crippen molar-refractivity contribution in [1.29, 1.82) is 0 Å². The SMILES string of the molecule is CN1C[C@H]2CCCO[C@H]2[C@H](N(C)Cc2ccco2)C1. The summed E-state index contributed by atoms with van der Waals surface area (Å²) in [4.78, 5) is 4.83. The van der Waals surface area contributed by atoms with E-state index in [-0.39, 0.29) is 0 Å². The van der Waals surface area contributed by atoms with Crippen LogP contribution in [0.25, 0.3) is 0 Å². The van der Waals surface area contributed by atoms with Gasteiger partial charge in [-0.2, -0.15) is 0 Å². The van der Waals surface area contributed by atoms with E-state index in [2.05, 4.69) is 23.9 Å². The van der Waals surface area contributed by atoms with Gasteiger partial charge in [0, 0.05) is 25.7 Å². The fourth-order valence-electron chi connectivity index (χ4n) is 3.54. The molecule has 19 heavy (non-hydrogen) atoms. The van der Waals surface area contributed by atoms with Crippen molar-refractivity contribution in [3.8, 4) is 0 Å². The van der Waals surface area contributed by atoms with Crippen molar-refractivity contribution in [3.63, 3.8) is 0 Å². The molecule has 3 heterocycles. The van der Waals surface area contributed by atoms with Gasteiger partial charge in [-0.15, -0.1) is 0 Å². The molecule has 0 N–H and O–H groups in total. The minimum absolute atomic E-state index is 0.393. The second kappa shape index (κ2) is 5.65. The van der Waals surface area contributed by atoms with E-state index in [4.69, 9.17) is 9.15 Å². The molecule has 1 aromatic heterocycles. The number of likely N-dealkylation sites (N-methyl/N-ethyl adjacent to an activating group) is 2. The van der Waals surface area contributed by atoms with Gasteiger partial charge < -0.3 is 14.1 Å². The number of furan rings is 1. The van der Waals surface area contributed by atoms with Crippen molar-refractivity contribution in [2.24, 2.45) is 5.92 Å². The standard InChI is InChI=1S/C15H24N2O2/c1-16-9-12-5-3-8-19-15(12)14(11-16)17(2)10-13-6-4-7-18-13/h4,6-7,12,14-15H,3,5,8-11H2,1-2H3/t12-,14-,15-/m1/s1. The number of ether oxygens (including phenoxy) is 1. The Balaban J connectivity index is 1.69. The molecule has 2 fully saturated rings. The molecular formula is C15H24N2O2. The lowest BCUT2D eigenvalue weighted by atomic mass is 9.85. The van der Waals surface area contributed by atoms with Gasteiger partial charge >= 0.3 is 0 Å². The molecule has 0 unspecified atom stereocenters. The zero-order chi connectivity index (χ0) is 13.2. The first kappa shape index (κ1) is 13.2. The number of rotatable bonds is 3. The molecule has 0 radical (unpaired) electrons. The third-order valence-electron chi connectivity index (χ3n) is 4.47.